The van der Waals surface area contributed by atoms with Gasteiger partial charge < -0.3 is 10.3 Å². The maximum Gasteiger partial charge on any atom is 0.186 e. The summed E-state index contributed by atoms with van der Waals surface area (Å²) in [6.45, 7) is 5.80. The van der Waals surface area contributed by atoms with Gasteiger partial charge in [-0.1, -0.05) is 12.1 Å². The van der Waals surface area contributed by atoms with E-state index in [0.29, 0.717) is 5.56 Å². The van der Waals surface area contributed by atoms with Gasteiger partial charge in [-0.25, -0.2) is 0 Å². The summed E-state index contributed by atoms with van der Waals surface area (Å²) in [6, 6.07) is 9.55. The molecular formula is C15H18N2O. The lowest BCUT2D eigenvalue weighted by Gasteiger charge is -2.14. The molecule has 1 unspecified atom stereocenters. The number of rotatable bonds is 2. The molecule has 18 heavy (non-hydrogen) atoms. The van der Waals surface area contributed by atoms with E-state index in [4.69, 9.17) is 5.73 Å². The largest absolute Gasteiger partial charge is 0.324 e. The number of aryl methyl sites for hydroxylation is 2. The van der Waals surface area contributed by atoms with Gasteiger partial charge in [0.2, 0.25) is 0 Å². The standard InChI is InChI=1S/C15H18N2O/c1-10-5-4-6-13(7-10)17-9-14(12(3)16)15(18)8-11(17)2/h4-9,12H,16H2,1-3H3. The average molecular weight is 242 g/mol. The fourth-order valence-corrected chi connectivity index (χ4v) is 2.05. The van der Waals surface area contributed by atoms with Crippen molar-refractivity contribution in [3.05, 3.63) is 63.6 Å². The molecule has 0 bridgehead atoms. The third kappa shape index (κ3) is 2.36. The Morgan fingerprint density at radius 1 is 1.22 bits per heavy atom. The van der Waals surface area contributed by atoms with Crippen LogP contribution in [0.15, 0.2) is 41.3 Å². The van der Waals surface area contributed by atoms with Crippen molar-refractivity contribution in [2.45, 2.75) is 26.8 Å². The molecule has 1 aromatic heterocycles. The minimum absolute atomic E-state index is 0.00593. The highest BCUT2D eigenvalue weighted by Crippen LogP contribution is 2.14. The summed E-state index contributed by atoms with van der Waals surface area (Å²) >= 11 is 0. The van der Waals surface area contributed by atoms with Crippen molar-refractivity contribution < 1.29 is 0 Å². The molecule has 3 heteroatoms. The number of nitrogens with zero attached hydrogens (tertiary/aromatic N) is 1. The van der Waals surface area contributed by atoms with Gasteiger partial charge in [0.1, 0.15) is 0 Å². The highest BCUT2D eigenvalue weighted by atomic mass is 16.1. The van der Waals surface area contributed by atoms with Gasteiger partial charge in [0.25, 0.3) is 0 Å². The third-order valence-corrected chi connectivity index (χ3v) is 3.04. The highest BCUT2D eigenvalue weighted by Gasteiger charge is 2.08. The first-order valence-electron chi connectivity index (χ1n) is 6.05. The summed E-state index contributed by atoms with van der Waals surface area (Å²) in [5, 5.41) is 0. The molecule has 0 fully saturated rings. The van der Waals surface area contributed by atoms with E-state index in [1.807, 2.05) is 49.7 Å². The summed E-state index contributed by atoms with van der Waals surface area (Å²) in [4.78, 5) is 11.8. The molecule has 2 N–H and O–H groups in total. The van der Waals surface area contributed by atoms with Crippen molar-refractivity contribution >= 4 is 0 Å². The molecule has 0 radical (unpaired) electrons. The normalized spacial score (nSPS) is 12.4. The molecule has 2 rings (SSSR count). The minimum Gasteiger partial charge on any atom is -0.324 e. The maximum absolute atomic E-state index is 11.8. The Kier molecular flexibility index (Phi) is 3.34. The minimum atomic E-state index is -0.255. The molecule has 0 saturated heterocycles. The monoisotopic (exact) mass is 242 g/mol. The zero-order valence-corrected chi connectivity index (χ0v) is 11.0. The smallest absolute Gasteiger partial charge is 0.186 e. The number of hydrogen-bond acceptors (Lipinski definition) is 2. The van der Waals surface area contributed by atoms with Crippen molar-refractivity contribution in [1.82, 2.24) is 4.57 Å². The van der Waals surface area contributed by atoms with Crippen LogP contribution in [-0.4, -0.2) is 4.57 Å². The molecule has 1 atom stereocenters. The van der Waals surface area contributed by atoms with E-state index in [0.717, 1.165) is 11.4 Å². The van der Waals surface area contributed by atoms with Gasteiger partial charge in [0.15, 0.2) is 5.43 Å². The van der Waals surface area contributed by atoms with Gasteiger partial charge in [-0.05, 0) is 38.5 Å². The molecule has 0 aliphatic rings. The number of pyridine rings is 1. The Morgan fingerprint density at radius 2 is 1.94 bits per heavy atom. The zero-order chi connectivity index (χ0) is 13.3. The molecular weight excluding hydrogens is 224 g/mol. The van der Waals surface area contributed by atoms with Crippen LogP contribution < -0.4 is 11.2 Å². The summed E-state index contributed by atoms with van der Waals surface area (Å²) < 4.78 is 2.01. The van der Waals surface area contributed by atoms with Crippen LogP contribution >= 0.6 is 0 Å². The quantitative estimate of drug-likeness (QED) is 0.879. The number of benzene rings is 1. The van der Waals surface area contributed by atoms with Crippen LogP contribution in [-0.2, 0) is 0 Å². The van der Waals surface area contributed by atoms with Crippen molar-refractivity contribution in [2.75, 3.05) is 0 Å². The molecule has 0 spiro atoms. The van der Waals surface area contributed by atoms with Crippen LogP contribution in [0.25, 0.3) is 5.69 Å². The molecule has 1 heterocycles. The predicted octanol–water partition coefficient (Wildman–Crippen LogP) is 2.47. The van der Waals surface area contributed by atoms with Gasteiger partial charge >= 0.3 is 0 Å². The Hall–Kier alpha value is -1.87. The number of aromatic nitrogens is 1. The second-order valence-corrected chi connectivity index (χ2v) is 4.73. The molecule has 94 valence electrons. The first kappa shape index (κ1) is 12.6. The summed E-state index contributed by atoms with van der Waals surface area (Å²) in [5.74, 6) is 0. The molecule has 0 amide bonds. The second-order valence-electron chi connectivity index (χ2n) is 4.73. The summed E-state index contributed by atoms with van der Waals surface area (Å²) in [5.41, 5.74) is 9.63. The van der Waals surface area contributed by atoms with Crippen LogP contribution in [0.3, 0.4) is 0 Å². The summed E-state index contributed by atoms with van der Waals surface area (Å²) in [6.07, 6.45) is 1.84. The van der Waals surface area contributed by atoms with Crippen molar-refractivity contribution in [2.24, 2.45) is 5.73 Å². The SMILES string of the molecule is Cc1cccc(-n2cc(C(C)N)c(=O)cc2C)c1. The number of nitrogens with two attached hydrogens (primary N) is 1. The third-order valence-electron chi connectivity index (χ3n) is 3.04. The van der Waals surface area contributed by atoms with E-state index in [2.05, 4.69) is 6.07 Å². The Bertz CT molecular complexity index is 627. The topological polar surface area (TPSA) is 48.0 Å². The average Bonchev–Trinajstić information content (AvgIpc) is 2.28. The van der Waals surface area contributed by atoms with Crippen LogP contribution in [0.4, 0.5) is 0 Å². The fraction of sp³-hybridized carbons (Fsp3) is 0.267. The second kappa shape index (κ2) is 4.78. The van der Waals surface area contributed by atoms with E-state index >= 15 is 0 Å². The van der Waals surface area contributed by atoms with E-state index in [1.165, 1.54) is 5.56 Å². The molecule has 2 aromatic rings. The van der Waals surface area contributed by atoms with Gasteiger partial charge in [-0.2, -0.15) is 0 Å². The van der Waals surface area contributed by atoms with Gasteiger partial charge in [-0.15, -0.1) is 0 Å². The number of hydrogen-bond donors (Lipinski definition) is 1. The van der Waals surface area contributed by atoms with Gasteiger partial charge in [0.05, 0.1) is 0 Å². The predicted molar refractivity (Wildman–Crippen MR) is 74.1 cm³/mol. The lowest BCUT2D eigenvalue weighted by molar-refractivity contribution is 0.786. The van der Waals surface area contributed by atoms with Gasteiger partial charge in [0, 0.05) is 35.2 Å². The molecule has 0 aliphatic carbocycles. The van der Waals surface area contributed by atoms with Crippen LogP contribution in [0.2, 0.25) is 0 Å². The van der Waals surface area contributed by atoms with E-state index < -0.39 is 0 Å². The molecule has 0 aliphatic heterocycles. The fourth-order valence-electron chi connectivity index (χ4n) is 2.05. The van der Waals surface area contributed by atoms with Crippen molar-refractivity contribution in [3.63, 3.8) is 0 Å². The van der Waals surface area contributed by atoms with E-state index in [-0.39, 0.29) is 11.5 Å². The zero-order valence-electron chi connectivity index (χ0n) is 11.0. The molecule has 0 saturated carbocycles. The highest BCUT2D eigenvalue weighted by molar-refractivity contribution is 5.38. The Morgan fingerprint density at radius 3 is 2.56 bits per heavy atom. The lowest BCUT2D eigenvalue weighted by Crippen LogP contribution is -2.20. The van der Waals surface area contributed by atoms with Crippen LogP contribution in [0.5, 0.6) is 0 Å². The Balaban J connectivity index is 2.64. The lowest BCUT2D eigenvalue weighted by atomic mass is 10.1. The van der Waals surface area contributed by atoms with Crippen molar-refractivity contribution in [1.29, 1.82) is 0 Å². The molecule has 1 aromatic carbocycles. The van der Waals surface area contributed by atoms with E-state index in [1.54, 1.807) is 6.07 Å². The van der Waals surface area contributed by atoms with Crippen LogP contribution in [0, 0.1) is 13.8 Å². The van der Waals surface area contributed by atoms with Crippen LogP contribution in [0.1, 0.15) is 29.8 Å². The Labute approximate surface area is 107 Å². The first-order valence-corrected chi connectivity index (χ1v) is 6.05. The van der Waals surface area contributed by atoms with Crippen molar-refractivity contribution in [3.8, 4) is 5.69 Å². The first-order chi connectivity index (χ1) is 8.49. The van der Waals surface area contributed by atoms with E-state index in [9.17, 15) is 4.79 Å². The molecule has 3 nitrogen and oxygen atoms in total. The van der Waals surface area contributed by atoms with Gasteiger partial charge in [-0.3, -0.25) is 4.79 Å². The maximum atomic E-state index is 11.8. The summed E-state index contributed by atoms with van der Waals surface area (Å²) in [7, 11) is 0.